The van der Waals surface area contributed by atoms with Crippen LogP contribution in [0.1, 0.15) is 11.7 Å². The number of nitrogens with one attached hydrogen (secondary N) is 1. The predicted molar refractivity (Wildman–Crippen MR) is 87.6 cm³/mol. The number of amides is 1. The van der Waals surface area contributed by atoms with Gasteiger partial charge in [-0.25, -0.2) is 4.98 Å². The van der Waals surface area contributed by atoms with Gasteiger partial charge < -0.3 is 10.4 Å². The average Bonchev–Trinajstić information content (AvgIpc) is 3.10. The zero-order valence-corrected chi connectivity index (χ0v) is 12.5. The lowest BCUT2D eigenvalue weighted by atomic mass is 10.1. The minimum Gasteiger partial charge on any atom is -0.378 e. The number of hydrogen-bond donors (Lipinski definition) is 2. The van der Waals surface area contributed by atoms with E-state index in [1.165, 1.54) is 11.3 Å². The van der Waals surface area contributed by atoms with Crippen LogP contribution in [-0.2, 0) is 4.79 Å². The normalized spacial score (nSPS) is 11.9. The molecule has 1 amide bonds. The van der Waals surface area contributed by atoms with E-state index in [0.717, 1.165) is 10.6 Å². The quantitative estimate of drug-likeness (QED) is 0.775. The number of anilines is 1. The molecule has 0 bridgehead atoms. The first-order valence-corrected chi connectivity index (χ1v) is 7.66. The number of aliphatic hydroxyl groups is 1. The summed E-state index contributed by atoms with van der Waals surface area (Å²) in [5.41, 5.74) is 2.13. The van der Waals surface area contributed by atoms with Crippen LogP contribution in [0.4, 0.5) is 5.69 Å². The van der Waals surface area contributed by atoms with Crippen LogP contribution in [-0.4, -0.2) is 16.0 Å². The first kappa shape index (κ1) is 14.4. The minimum atomic E-state index is -1.19. The Morgan fingerprint density at radius 2 is 1.95 bits per heavy atom. The fraction of sp³-hybridized carbons (Fsp3) is 0.0588. The Balaban J connectivity index is 1.76. The summed E-state index contributed by atoms with van der Waals surface area (Å²) in [5, 5.41) is 15.6. The van der Waals surface area contributed by atoms with Gasteiger partial charge >= 0.3 is 0 Å². The maximum Gasteiger partial charge on any atom is 0.257 e. The molecule has 0 fully saturated rings. The molecular formula is C17H14N2O2S. The number of aromatic nitrogens is 1. The third kappa shape index (κ3) is 3.21. The van der Waals surface area contributed by atoms with E-state index in [2.05, 4.69) is 10.3 Å². The van der Waals surface area contributed by atoms with E-state index < -0.39 is 12.0 Å². The summed E-state index contributed by atoms with van der Waals surface area (Å²) < 4.78 is 0. The highest BCUT2D eigenvalue weighted by atomic mass is 32.1. The number of hydrogen-bond acceptors (Lipinski definition) is 4. The summed E-state index contributed by atoms with van der Waals surface area (Å²) in [6.45, 7) is 0. The molecule has 0 aliphatic carbocycles. The molecule has 0 saturated carbocycles. The van der Waals surface area contributed by atoms with Crippen LogP contribution in [0.2, 0.25) is 0 Å². The third-order valence-corrected chi connectivity index (χ3v) is 4.00. The second-order valence-electron chi connectivity index (χ2n) is 4.72. The van der Waals surface area contributed by atoms with E-state index in [9.17, 15) is 9.90 Å². The molecule has 110 valence electrons. The van der Waals surface area contributed by atoms with E-state index in [1.54, 1.807) is 36.5 Å². The van der Waals surface area contributed by atoms with Crippen molar-refractivity contribution in [3.8, 4) is 10.6 Å². The van der Waals surface area contributed by atoms with Crippen molar-refractivity contribution in [1.82, 2.24) is 4.98 Å². The summed E-state index contributed by atoms with van der Waals surface area (Å²) in [6, 6.07) is 16.3. The van der Waals surface area contributed by atoms with Crippen LogP contribution < -0.4 is 5.32 Å². The van der Waals surface area contributed by atoms with E-state index in [-0.39, 0.29) is 0 Å². The summed E-state index contributed by atoms with van der Waals surface area (Å²) in [4.78, 5) is 16.4. The fourth-order valence-electron chi connectivity index (χ4n) is 2.09. The minimum absolute atomic E-state index is 0.456. The van der Waals surface area contributed by atoms with Crippen LogP contribution >= 0.6 is 11.3 Å². The molecule has 0 radical (unpaired) electrons. The molecule has 22 heavy (non-hydrogen) atoms. The van der Waals surface area contributed by atoms with Gasteiger partial charge in [0.05, 0.1) is 0 Å². The van der Waals surface area contributed by atoms with Crippen LogP contribution in [0.5, 0.6) is 0 Å². The molecule has 3 rings (SSSR count). The standard InChI is InChI=1S/C17H14N2O2S/c20-15(12-5-2-1-3-6-12)16(21)19-14-8-4-7-13(11-14)17-18-9-10-22-17/h1-11,15,20H,(H,19,21). The van der Waals surface area contributed by atoms with Gasteiger partial charge in [0.1, 0.15) is 5.01 Å². The number of benzene rings is 2. The number of carbonyl (C=O) groups is 1. The van der Waals surface area contributed by atoms with Gasteiger partial charge in [0.25, 0.3) is 5.91 Å². The van der Waals surface area contributed by atoms with Gasteiger partial charge in [0, 0.05) is 22.8 Å². The van der Waals surface area contributed by atoms with Crippen LogP contribution in [0.3, 0.4) is 0 Å². The topological polar surface area (TPSA) is 62.2 Å². The fourth-order valence-corrected chi connectivity index (χ4v) is 2.73. The Kier molecular flexibility index (Phi) is 4.27. The molecule has 1 atom stereocenters. The highest BCUT2D eigenvalue weighted by Crippen LogP contribution is 2.25. The smallest absolute Gasteiger partial charge is 0.257 e. The Bertz CT molecular complexity index is 757. The molecular weight excluding hydrogens is 296 g/mol. The first-order valence-electron chi connectivity index (χ1n) is 6.78. The van der Waals surface area contributed by atoms with Crippen molar-refractivity contribution >= 4 is 22.9 Å². The van der Waals surface area contributed by atoms with Gasteiger partial charge in [-0.15, -0.1) is 11.3 Å². The number of rotatable bonds is 4. The highest BCUT2D eigenvalue weighted by molar-refractivity contribution is 7.13. The molecule has 3 aromatic rings. The molecule has 1 aromatic heterocycles. The second kappa shape index (κ2) is 6.51. The van der Waals surface area contributed by atoms with Crippen molar-refractivity contribution in [1.29, 1.82) is 0 Å². The number of thiazole rings is 1. The zero-order chi connectivity index (χ0) is 15.4. The largest absolute Gasteiger partial charge is 0.378 e. The van der Waals surface area contributed by atoms with Crippen molar-refractivity contribution in [2.45, 2.75) is 6.10 Å². The predicted octanol–water partition coefficient (Wildman–Crippen LogP) is 3.48. The lowest BCUT2D eigenvalue weighted by Crippen LogP contribution is -2.20. The van der Waals surface area contributed by atoms with Crippen molar-refractivity contribution in [2.24, 2.45) is 0 Å². The van der Waals surface area contributed by atoms with Crippen LogP contribution in [0.25, 0.3) is 10.6 Å². The Morgan fingerprint density at radius 1 is 1.14 bits per heavy atom. The lowest BCUT2D eigenvalue weighted by Gasteiger charge is -2.12. The molecule has 1 heterocycles. The second-order valence-corrected chi connectivity index (χ2v) is 5.62. The molecule has 0 aliphatic heterocycles. The van der Waals surface area contributed by atoms with Gasteiger partial charge in [-0.1, -0.05) is 42.5 Å². The molecule has 0 aliphatic rings. The molecule has 4 nitrogen and oxygen atoms in total. The maximum absolute atomic E-state index is 12.1. The van der Waals surface area contributed by atoms with Gasteiger partial charge in [0.2, 0.25) is 0 Å². The van der Waals surface area contributed by atoms with E-state index in [4.69, 9.17) is 0 Å². The molecule has 5 heteroatoms. The van der Waals surface area contributed by atoms with Crippen molar-refractivity contribution in [3.05, 3.63) is 71.7 Å². The third-order valence-electron chi connectivity index (χ3n) is 3.17. The highest BCUT2D eigenvalue weighted by Gasteiger charge is 2.17. The SMILES string of the molecule is O=C(Nc1cccc(-c2nccs2)c1)C(O)c1ccccc1. The van der Waals surface area contributed by atoms with Gasteiger partial charge in [-0.2, -0.15) is 0 Å². The molecule has 0 spiro atoms. The summed E-state index contributed by atoms with van der Waals surface area (Å²) >= 11 is 1.53. The Morgan fingerprint density at radius 3 is 2.68 bits per heavy atom. The summed E-state index contributed by atoms with van der Waals surface area (Å²) in [6.07, 6.45) is 0.550. The molecule has 1 unspecified atom stereocenters. The van der Waals surface area contributed by atoms with Gasteiger partial charge in [-0.05, 0) is 17.7 Å². The van der Waals surface area contributed by atoms with Gasteiger partial charge in [-0.3, -0.25) is 4.79 Å². The van der Waals surface area contributed by atoms with E-state index in [1.807, 2.05) is 29.6 Å². The molecule has 0 saturated heterocycles. The maximum atomic E-state index is 12.1. The van der Waals surface area contributed by atoms with Crippen LogP contribution in [0, 0.1) is 0 Å². The Hall–Kier alpha value is -2.50. The molecule has 2 aromatic carbocycles. The zero-order valence-electron chi connectivity index (χ0n) is 11.6. The Labute approximate surface area is 132 Å². The summed E-state index contributed by atoms with van der Waals surface area (Å²) in [7, 11) is 0. The number of nitrogens with zero attached hydrogens (tertiary/aromatic N) is 1. The number of carbonyl (C=O) groups excluding carboxylic acids is 1. The molecule has 2 N–H and O–H groups in total. The van der Waals surface area contributed by atoms with Crippen LogP contribution in [0.15, 0.2) is 66.2 Å². The number of aliphatic hydroxyl groups excluding tert-OH is 1. The average molecular weight is 310 g/mol. The monoisotopic (exact) mass is 310 g/mol. The lowest BCUT2D eigenvalue weighted by molar-refractivity contribution is -0.124. The van der Waals surface area contributed by atoms with Crippen molar-refractivity contribution in [2.75, 3.05) is 5.32 Å². The first-order chi connectivity index (χ1) is 10.7. The van der Waals surface area contributed by atoms with E-state index >= 15 is 0 Å². The van der Waals surface area contributed by atoms with Crippen molar-refractivity contribution < 1.29 is 9.90 Å². The van der Waals surface area contributed by atoms with Crippen molar-refractivity contribution in [3.63, 3.8) is 0 Å². The van der Waals surface area contributed by atoms with E-state index in [0.29, 0.717) is 11.3 Å². The summed E-state index contributed by atoms with van der Waals surface area (Å²) in [5.74, 6) is -0.456. The van der Waals surface area contributed by atoms with Gasteiger partial charge in [0.15, 0.2) is 6.10 Å².